The van der Waals surface area contributed by atoms with Gasteiger partial charge in [0, 0.05) is 20.7 Å². The summed E-state index contributed by atoms with van der Waals surface area (Å²) in [6.45, 7) is 4.48. The van der Waals surface area contributed by atoms with E-state index >= 15 is 0 Å². The molecule has 2 heteroatoms. The summed E-state index contributed by atoms with van der Waals surface area (Å²) in [5, 5.41) is 1.28. The largest absolute Gasteiger partial charge is 0.316 e. The minimum Gasteiger partial charge on any atom is -0.316 e. The second-order valence-electron chi connectivity index (χ2n) is 5.67. The number of hydrogen-bond donors (Lipinski definition) is 0. The molecule has 0 aliphatic carbocycles. The van der Waals surface area contributed by atoms with Crippen LogP contribution in [0.15, 0.2) is 60.7 Å². The van der Waals surface area contributed by atoms with Crippen LogP contribution in [0, 0.1) is 9.49 Å². The van der Waals surface area contributed by atoms with Gasteiger partial charge in [0.05, 0.1) is 11.2 Å². The molecule has 0 bridgehead atoms. The number of nitrogens with zero attached hydrogens (tertiary/aromatic N) is 1. The molecule has 0 aliphatic heterocycles. The lowest BCUT2D eigenvalue weighted by Gasteiger charge is -2.09. The molecule has 0 spiro atoms. The van der Waals surface area contributed by atoms with Gasteiger partial charge in [-0.25, -0.2) is 0 Å². The fourth-order valence-electron chi connectivity index (χ4n) is 2.58. The molecule has 1 nitrogen and oxygen atoms in total. The Bertz CT molecular complexity index is 813. The van der Waals surface area contributed by atoms with Crippen molar-refractivity contribution in [2.75, 3.05) is 0 Å². The smallest absolute Gasteiger partial charge is 0.0545 e. The Labute approximate surface area is 145 Å². The molecule has 3 aromatic rings. The van der Waals surface area contributed by atoms with Crippen LogP contribution >= 0.6 is 22.6 Å². The lowest BCUT2D eigenvalue weighted by atomic mass is 10.1. The molecular formula is C20H20IN. The van der Waals surface area contributed by atoms with Crippen LogP contribution < -0.4 is 0 Å². The van der Waals surface area contributed by atoms with Crippen molar-refractivity contribution in [3.63, 3.8) is 0 Å². The van der Waals surface area contributed by atoms with E-state index in [2.05, 4.69) is 108 Å². The van der Waals surface area contributed by atoms with Gasteiger partial charge in [0.2, 0.25) is 0 Å². The first-order chi connectivity index (χ1) is 10.7. The molecule has 0 aliphatic rings. The van der Waals surface area contributed by atoms with Crippen LogP contribution in [0.1, 0.15) is 20.3 Å². The molecule has 0 saturated heterocycles. The van der Waals surface area contributed by atoms with Gasteiger partial charge in [-0.1, -0.05) is 62.7 Å². The standard InChI is InChI=1S/C20H20IN/c1-3-15(2)12-13-22-19-11-7-4-8-16(19)14-20(22)17-9-5-6-10-18(17)21/h4-15H,3H2,1-2H3. The molecular weight excluding hydrogens is 381 g/mol. The fraction of sp³-hybridized carbons (Fsp3) is 0.200. The Hall–Kier alpha value is -1.55. The van der Waals surface area contributed by atoms with Gasteiger partial charge in [0.1, 0.15) is 0 Å². The average Bonchev–Trinajstić information content (AvgIpc) is 2.91. The highest BCUT2D eigenvalue weighted by Crippen LogP contribution is 2.31. The van der Waals surface area contributed by atoms with E-state index < -0.39 is 0 Å². The van der Waals surface area contributed by atoms with Crippen LogP contribution in [0.4, 0.5) is 0 Å². The van der Waals surface area contributed by atoms with Gasteiger partial charge in [0.15, 0.2) is 0 Å². The minimum atomic E-state index is 0.587. The van der Waals surface area contributed by atoms with Gasteiger partial charge in [0.25, 0.3) is 0 Å². The molecule has 22 heavy (non-hydrogen) atoms. The Morgan fingerprint density at radius 3 is 2.59 bits per heavy atom. The lowest BCUT2D eigenvalue weighted by Crippen LogP contribution is -1.94. The Morgan fingerprint density at radius 1 is 1.09 bits per heavy atom. The summed E-state index contributed by atoms with van der Waals surface area (Å²) in [4.78, 5) is 0. The Kier molecular flexibility index (Phi) is 4.67. The van der Waals surface area contributed by atoms with Gasteiger partial charge in [-0.15, -0.1) is 0 Å². The van der Waals surface area contributed by atoms with Gasteiger partial charge in [-0.3, -0.25) is 0 Å². The molecule has 0 saturated carbocycles. The van der Waals surface area contributed by atoms with Crippen LogP contribution in [0.5, 0.6) is 0 Å². The third kappa shape index (κ3) is 2.98. The zero-order valence-corrected chi connectivity index (χ0v) is 15.1. The zero-order valence-electron chi connectivity index (χ0n) is 13.0. The van der Waals surface area contributed by atoms with Crippen LogP contribution in [-0.4, -0.2) is 4.57 Å². The molecule has 1 heterocycles. The predicted octanol–water partition coefficient (Wildman–Crippen LogP) is 6.43. The quantitative estimate of drug-likeness (QED) is 0.444. The van der Waals surface area contributed by atoms with Crippen molar-refractivity contribution < 1.29 is 0 Å². The van der Waals surface area contributed by atoms with E-state index in [1.54, 1.807) is 0 Å². The predicted molar refractivity (Wildman–Crippen MR) is 105 cm³/mol. The highest BCUT2D eigenvalue weighted by molar-refractivity contribution is 14.1. The SMILES string of the molecule is CCC(C)C=Cn1c(-c2ccccc2I)cc2ccccc21. The van der Waals surface area contributed by atoms with Crippen LogP contribution in [-0.2, 0) is 0 Å². The molecule has 0 amide bonds. The number of halogens is 1. The van der Waals surface area contributed by atoms with Crippen molar-refractivity contribution in [2.45, 2.75) is 20.3 Å². The van der Waals surface area contributed by atoms with Crippen molar-refractivity contribution in [3.05, 3.63) is 64.2 Å². The van der Waals surface area contributed by atoms with E-state index in [1.165, 1.54) is 25.7 Å². The van der Waals surface area contributed by atoms with Crippen molar-refractivity contribution in [3.8, 4) is 11.3 Å². The molecule has 0 radical (unpaired) electrons. The fourth-order valence-corrected chi connectivity index (χ4v) is 3.25. The lowest BCUT2D eigenvalue weighted by molar-refractivity contribution is 0.699. The topological polar surface area (TPSA) is 4.93 Å². The third-order valence-electron chi connectivity index (χ3n) is 4.11. The van der Waals surface area contributed by atoms with Gasteiger partial charge >= 0.3 is 0 Å². The number of allylic oxidation sites excluding steroid dienone is 1. The summed E-state index contributed by atoms with van der Waals surface area (Å²) >= 11 is 2.42. The molecule has 1 unspecified atom stereocenters. The van der Waals surface area contributed by atoms with Crippen molar-refractivity contribution >= 4 is 39.7 Å². The molecule has 3 rings (SSSR count). The Balaban J connectivity index is 2.21. The maximum atomic E-state index is 2.42. The summed E-state index contributed by atoms with van der Waals surface area (Å²) in [5.74, 6) is 0.587. The average molecular weight is 401 g/mol. The van der Waals surface area contributed by atoms with E-state index in [1.807, 2.05) is 0 Å². The van der Waals surface area contributed by atoms with E-state index in [9.17, 15) is 0 Å². The normalized spacial score (nSPS) is 13.0. The summed E-state index contributed by atoms with van der Waals surface area (Å²) in [5.41, 5.74) is 3.80. The highest BCUT2D eigenvalue weighted by Gasteiger charge is 2.11. The molecule has 2 aromatic carbocycles. The molecule has 0 fully saturated rings. The van der Waals surface area contributed by atoms with Gasteiger partial charge < -0.3 is 4.57 Å². The highest BCUT2D eigenvalue weighted by atomic mass is 127. The second kappa shape index (κ2) is 6.69. The second-order valence-corrected chi connectivity index (χ2v) is 6.83. The minimum absolute atomic E-state index is 0.587. The number of para-hydroxylation sites is 1. The van der Waals surface area contributed by atoms with Gasteiger partial charge in [-0.05, 0) is 46.7 Å². The maximum absolute atomic E-state index is 2.42. The monoisotopic (exact) mass is 401 g/mol. The molecule has 1 aromatic heterocycles. The van der Waals surface area contributed by atoms with Crippen LogP contribution in [0.2, 0.25) is 0 Å². The number of hydrogen-bond acceptors (Lipinski definition) is 0. The zero-order chi connectivity index (χ0) is 15.5. The van der Waals surface area contributed by atoms with Gasteiger partial charge in [-0.2, -0.15) is 0 Å². The van der Waals surface area contributed by atoms with Crippen molar-refractivity contribution in [1.82, 2.24) is 4.57 Å². The van der Waals surface area contributed by atoms with Crippen LogP contribution in [0.25, 0.3) is 28.4 Å². The van der Waals surface area contributed by atoms with E-state index in [0.717, 1.165) is 6.42 Å². The number of fused-ring (bicyclic) bond motifs is 1. The molecule has 1 atom stereocenters. The van der Waals surface area contributed by atoms with E-state index in [-0.39, 0.29) is 0 Å². The van der Waals surface area contributed by atoms with Crippen LogP contribution in [0.3, 0.4) is 0 Å². The first kappa shape index (κ1) is 15.3. The summed E-state index contributed by atoms with van der Waals surface area (Å²) in [6, 6.07) is 19.4. The number of benzene rings is 2. The van der Waals surface area contributed by atoms with E-state index in [4.69, 9.17) is 0 Å². The maximum Gasteiger partial charge on any atom is 0.0545 e. The first-order valence-corrected chi connectivity index (χ1v) is 8.81. The summed E-state index contributed by atoms with van der Waals surface area (Å²) in [6.07, 6.45) is 5.69. The number of rotatable bonds is 4. The van der Waals surface area contributed by atoms with E-state index in [0.29, 0.717) is 5.92 Å². The molecule has 112 valence electrons. The summed E-state index contributed by atoms with van der Waals surface area (Å²) < 4.78 is 3.60. The Morgan fingerprint density at radius 2 is 1.82 bits per heavy atom. The molecule has 0 N–H and O–H groups in total. The van der Waals surface area contributed by atoms with Crippen molar-refractivity contribution in [2.24, 2.45) is 5.92 Å². The first-order valence-electron chi connectivity index (χ1n) is 7.74. The summed E-state index contributed by atoms with van der Waals surface area (Å²) in [7, 11) is 0. The third-order valence-corrected chi connectivity index (χ3v) is 5.05. The number of aromatic nitrogens is 1. The van der Waals surface area contributed by atoms with Crippen molar-refractivity contribution in [1.29, 1.82) is 0 Å².